The average Bonchev–Trinajstić information content (AvgIpc) is 2.49. The Morgan fingerprint density at radius 3 is 2.15 bits per heavy atom. The van der Waals surface area contributed by atoms with Gasteiger partial charge in [0.15, 0.2) is 0 Å². The molecule has 0 aliphatic heterocycles. The van der Waals surface area contributed by atoms with Gasteiger partial charge >= 0.3 is 0 Å². The fourth-order valence-electron chi connectivity index (χ4n) is 3.16. The van der Waals surface area contributed by atoms with Crippen LogP contribution in [0.2, 0.25) is 0 Å². The molecular formula is C23H32OSSi. The molecule has 0 bridgehead atoms. The standard InChI is InChI=1S/C23H32OSSi/c1-15-10-9-11-19(16(15)2)26-14-25-18-13-12-17(22(3,4)5)21(24)20(18)23(6,7)8/h9-13,24H,14H2,1-8H3. The number of phenols is 1. The third-order valence-corrected chi connectivity index (χ3v) is 7.52. The van der Waals surface area contributed by atoms with E-state index in [0.717, 1.165) is 26.0 Å². The molecule has 0 atom stereocenters. The van der Waals surface area contributed by atoms with Gasteiger partial charge in [-0.2, -0.15) is 0 Å². The van der Waals surface area contributed by atoms with Crippen molar-refractivity contribution in [2.75, 3.05) is 5.38 Å². The quantitative estimate of drug-likeness (QED) is 0.540. The summed E-state index contributed by atoms with van der Waals surface area (Å²) in [6.07, 6.45) is 0. The molecule has 26 heavy (non-hydrogen) atoms. The number of hydrogen-bond acceptors (Lipinski definition) is 2. The first-order valence-corrected chi connectivity index (χ1v) is 11.4. The van der Waals surface area contributed by atoms with Crippen LogP contribution < -0.4 is 5.19 Å². The lowest BCUT2D eigenvalue weighted by atomic mass is 9.79. The highest BCUT2D eigenvalue weighted by atomic mass is 32.2. The van der Waals surface area contributed by atoms with Crippen molar-refractivity contribution in [1.82, 2.24) is 0 Å². The van der Waals surface area contributed by atoms with Gasteiger partial charge in [-0.3, -0.25) is 0 Å². The van der Waals surface area contributed by atoms with E-state index in [0.29, 0.717) is 5.75 Å². The molecule has 0 saturated heterocycles. The maximum atomic E-state index is 11.0. The van der Waals surface area contributed by atoms with Gasteiger partial charge in [0.1, 0.15) is 5.75 Å². The van der Waals surface area contributed by atoms with E-state index in [2.05, 4.69) is 85.7 Å². The minimum absolute atomic E-state index is 0.0618. The van der Waals surface area contributed by atoms with Crippen molar-refractivity contribution >= 4 is 26.5 Å². The van der Waals surface area contributed by atoms with E-state index in [1.165, 1.54) is 21.2 Å². The van der Waals surface area contributed by atoms with Crippen LogP contribution in [-0.4, -0.2) is 20.0 Å². The molecule has 1 N–H and O–H groups in total. The van der Waals surface area contributed by atoms with Crippen molar-refractivity contribution < 1.29 is 5.11 Å². The molecule has 2 aromatic carbocycles. The fourth-order valence-corrected chi connectivity index (χ4v) is 6.08. The molecule has 1 nitrogen and oxygen atoms in total. The Morgan fingerprint density at radius 1 is 0.923 bits per heavy atom. The maximum Gasteiger partial charge on any atom is 0.124 e. The molecule has 0 aliphatic carbocycles. The number of phenolic OH excluding ortho intramolecular Hbond substituents is 1. The summed E-state index contributed by atoms with van der Waals surface area (Å²) >= 11 is 1.87. The predicted octanol–water partition coefficient (Wildman–Crippen LogP) is 5.68. The summed E-state index contributed by atoms with van der Waals surface area (Å²) in [5.74, 6) is 0.477. The van der Waals surface area contributed by atoms with Gasteiger partial charge in [-0.1, -0.05) is 71.0 Å². The topological polar surface area (TPSA) is 20.2 Å². The average molecular weight is 385 g/mol. The maximum absolute atomic E-state index is 11.0. The summed E-state index contributed by atoms with van der Waals surface area (Å²) in [5.41, 5.74) is 4.74. The molecule has 0 amide bonds. The Morgan fingerprint density at radius 2 is 1.58 bits per heavy atom. The minimum Gasteiger partial charge on any atom is -0.507 e. The molecule has 0 aliphatic rings. The Balaban J connectivity index is 2.29. The normalized spacial score (nSPS) is 12.5. The van der Waals surface area contributed by atoms with Crippen LogP contribution in [-0.2, 0) is 10.8 Å². The summed E-state index contributed by atoms with van der Waals surface area (Å²) < 4.78 is 0. The number of thioether (sulfide) groups is 1. The number of aromatic hydroxyl groups is 1. The van der Waals surface area contributed by atoms with E-state index < -0.39 is 0 Å². The highest BCUT2D eigenvalue weighted by Gasteiger charge is 2.28. The van der Waals surface area contributed by atoms with E-state index >= 15 is 0 Å². The van der Waals surface area contributed by atoms with Crippen molar-refractivity contribution in [2.24, 2.45) is 0 Å². The molecule has 0 aromatic heterocycles. The molecule has 0 fully saturated rings. The molecule has 0 spiro atoms. The first-order chi connectivity index (χ1) is 11.9. The van der Waals surface area contributed by atoms with Crippen LogP contribution in [0, 0.1) is 13.8 Å². The number of aryl methyl sites for hydroxylation is 1. The van der Waals surface area contributed by atoms with Gasteiger partial charge in [-0.05, 0) is 52.8 Å². The van der Waals surface area contributed by atoms with E-state index in [1.54, 1.807) is 0 Å². The van der Waals surface area contributed by atoms with Crippen molar-refractivity contribution in [3.8, 4) is 5.75 Å². The molecule has 2 aromatic rings. The Hall–Kier alpha value is -1.19. The number of rotatable bonds is 4. The summed E-state index contributed by atoms with van der Waals surface area (Å²) in [7, 11) is 0.769. The Kier molecular flexibility index (Phi) is 6.35. The lowest BCUT2D eigenvalue weighted by Crippen LogP contribution is -2.21. The second-order valence-electron chi connectivity index (χ2n) is 9.05. The monoisotopic (exact) mass is 384 g/mol. The number of benzene rings is 2. The molecule has 2 radical (unpaired) electrons. The number of hydrogen-bond donors (Lipinski definition) is 1. The fraction of sp³-hybridized carbons (Fsp3) is 0.478. The summed E-state index contributed by atoms with van der Waals surface area (Å²) in [6, 6.07) is 10.9. The van der Waals surface area contributed by atoms with Crippen LogP contribution in [0.25, 0.3) is 0 Å². The van der Waals surface area contributed by atoms with Crippen LogP contribution in [0.5, 0.6) is 5.75 Å². The van der Waals surface area contributed by atoms with Gasteiger partial charge in [0.25, 0.3) is 0 Å². The van der Waals surface area contributed by atoms with E-state index in [-0.39, 0.29) is 10.8 Å². The van der Waals surface area contributed by atoms with Gasteiger partial charge in [0.2, 0.25) is 0 Å². The van der Waals surface area contributed by atoms with E-state index in [9.17, 15) is 5.11 Å². The molecule has 0 heterocycles. The van der Waals surface area contributed by atoms with Gasteiger partial charge < -0.3 is 5.11 Å². The highest BCUT2D eigenvalue weighted by molar-refractivity contribution is 8.00. The Labute approximate surface area is 166 Å². The van der Waals surface area contributed by atoms with Crippen LogP contribution in [0.1, 0.15) is 63.8 Å². The van der Waals surface area contributed by atoms with Crippen molar-refractivity contribution in [1.29, 1.82) is 0 Å². The smallest absolute Gasteiger partial charge is 0.124 e. The van der Waals surface area contributed by atoms with Crippen LogP contribution in [0.3, 0.4) is 0 Å². The highest BCUT2D eigenvalue weighted by Crippen LogP contribution is 2.43. The summed E-state index contributed by atoms with van der Waals surface area (Å²) in [6.45, 7) is 17.4. The first-order valence-electron chi connectivity index (χ1n) is 9.22. The summed E-state index contributed by atoms with van der Waals surface area (Å²) in [5, 5.41) is 13.5. The van der Waals surface area contributed by atoms with E-state index in [4.69, 9.17) is 0 Å². The van der Waals surface area contributed by atoms with E-state index in [1.807, 2.05) is 11.8 Å². The zero-order valence-electron chi connectivity index (χ0n) is 17.4. The van der Waals surface area contributed by atoms with Gasteiger partial charge in [0.05, 0.1) is 9.52 Å². The van der Waals surface area contributed by atoms with Crippen molar-refractivity contribution in [3.63, 3.8) is 0 Å². The van der Waals surface area contributed by atoms with Gasteiger partial charge in [-0.15, -0.1) is 11.8 Å². The molecule has 140 valence electrons. The molecule has 0 saturated carbocycles. The van der Waals surface area contributed by atoms with Gasteiger partial charge in [-0.25, -0.2) is 0 Å². The second-order valence-corrected chi connectivity index (χ2v) is 11.8. The molecular weight excluding hydrogens is 352 g/mol. The summed E-state index contributed by atoms with van der Waals surface area (Å²) in [4.78, 5) is 1.21. The van der Waals surface area contributed by atoms with Crippen LogP contribution in [0.15, 0.2) is 35.2 Å². The van der Waals surface area contributed by atoms with Crippen LogP contribution in [0.4, 0.5) is 0 Å². The largest absolute Gasteiger partial charge is 0.507 e. The second kappa shape index (κ2) is 7.81. The molecule has 3 heteroatoms. The lowest BCUT2D eigenvalue weighted by molar-refractivity contribution is 0.419. The molecule has 2 rings (SSSR count). The Bertz CT molecular complexity index is 782. The molecule has 0 unspecified atom stereocenters. The zero-order valence-corrected chi connectivity index (χ0v) is 19.3. The van der Waals surface area contributed by atoms with Gasteiger partial charge in [0, 0.05) is 10.5 Å². The third kappa shape index (κ3) is 4.75. The lowest BCUT2D eigenvalue weighted by Gasteiger charge is -2.29. The first kappa shape index (κ1) is 21.1. The minimum atomic E-state index is -0.0873. The third-order valence-electron chi connectivity index (χ3n) is 4.79. The van der Waals surface area contributed by atoms with Crippen molar-refractivity contribution in [2.45, 2.75) is 71.1 Å². The zero-order chi connectivity index (χ0) is 19.7. The SMILES string of the molecule is Cc1cccc([Si]CSc2ccc(C(C)(C)C)c(O)c2C(C)(C)C)c1C. The van der Waals surface area contributed by atoms with Crippen LogP contribution >= 0.6 is 11.8 Å². The predicted molar refractivity (Wildman–Crippen MR) is 118 cm³/mol. The van der Waals surface area contributed by atoms with Crippen molar-refractivity contribution in [3.05, 3.63) is 52.6 Å².